The summed E-state index contributed by atoms with van der Waals surface area (Å²) >= 11 is 0. The molecule has 0 fully saturated rings. The SMILES string of the molecule is COC(=O)CCCN1CC(C(=O)O)Oc2c(OCc3ccc(OCCCCc4ccccc4)cc3)cccc21. The van der Waals surface area contributed by atoms with Crippen LogP contribution in [0.4, 0.5) is 5.69 Å². The largest absolute Gasteiger partial charge is 0.494 e. The van der Waals surface area contributed by atoms with E-state index in [4.69, 9.17) is 18.9 Å². The number of ether oxygens (including phenoxy) is 4. The zero-order valence-electron chi connectivity index (χ0n) is 22.2. The average Bonchev–Trinajstić information content (AvgIpc) is 2.96. The molecule has 0 bridgehead atoms. The first-order valence-electron chi connectivity index (χ1n) is 13.3. The second kappa shape index (κ2) is 14.1. The molecular formula is C31H35NO7. The van der Waals surface area contributed by atoms with Gasteiger partial charge in [-0.25, -0.2) is 4.79 Å². The third kappa shape index (κ3) is 8.14. The normalized spacial score (nSPS) is 14.2. The van der Waals surface area contributed by atoms with Crippen LogP contribution in [0.25, 0.3) is 0 Å². The van der Waals surface area contributed by atoms with Gasteiger partial charge < -0.3 is 29.0 Å². The maximum Gasteiger partial charge on any atom is 0.346 e. The van der Waals surface area contributed by atoms with E-state index in [1.54, 1.807) is 6.07 Å². The number of carbonyl (C=O) groups excluding carboxylic acids is 1. The van der Waals surface area contributed by atoms with Crippen molar-refractivity contribution in [3.05, 3.63) is 83.9 Å². The van der Waals surface area contributed by atoms with Crippen LogP contribution in [-0.4, -0.2) is 50.0 Å². The third-order valence-electron chi connectivity index (χ3n) is 6.55. The molecule has 206 valence electrons. The fourth-order valence-electron chi connectivity index (χ4n) is 4.43. The van der Waals surface area contributed by atoms with Gasteiger partial charge in [0.25, 0.3) is 0 Å². The summed E-state index contributed by atoms with van der Waals surface area (Å²) < 4.78 is 22.5. The number of carbonyl (C=O) groups is 2. The Bertz CT molecular complexity index is 1210. The standard InChI is InChI=1S/C31H35NO7/c1-36-29(33)14-8-19-32-21-28(31(34)35)39-30-26(32)12-7-13-27(30)38-22-24-15-17-25(18-16-24)37-20-6-5-11-23-9-3-2-4-10-23/h2-4,7,9-10,12-13,15-18,28H,5-6,8,11,14,19-22H2,1H3,(H,34,35). The lowest BCUT2D eigenvalue weighted by molar-refractivity contribution is -0.145. The summed E-state index contributed by atoms with van der Waals surface area (Å²) in [5.74, 6) is 0.324. The summed E-state index contributed by atoms with van der Waals surface area (Å²) in [5.41, 5.74) is 3.03. The zero-order chi connectivity index (χ0) is 27.5. The van der Waals surface area contributed by atoms with Crippen LogP contribution in [0.15, 0.2) is 72.8 Å². The molecule has 1 aliphatic heterocycles. The number of unbranched alkanes of at least 4 members (excludes halogenated alkanes) is 1. The fraction of sp³-hybridized carbons (Fsp3) is 0.355. The van der Waals surface area contributed by atoms with Gasteiger partial charge in [0.2, 0.25) is 6.10 Å². The van der Waals surface area contributed by atoms with Crippen LogP contribution >= 0.6 is 0 Å². The lowest BCUT2D eigenvalue weighted by Gasteiger charge is -2.35. The van der Waals surface area contributed by atoms with Crippen LogP contribution < -0.4 is 19.1 Å². The van der Waals surface area contributed by atoms with E-state index in [9.17, 15) is 14.7 Å². The highest BCUT2D eigenvalue weighted by Gasteiger charge is 2.32. The number of carboxylic acids is 1. The molecule has 0 saturated heterocycles. The molecule has 1 aliphatic rings. The summed E-state index contributed by atoms with van der Waals surface area (Å²) in [4.78, 5) is 25.2. The molecule has 39 heavy (non-hydrogen) atoms. The Morgan fingerprint density at radius 3 is 2.46 bits per heavy atom. The van der Waals surface area contributed by atoms with E-state index in [-0.39, 0.29) is 25.5 Å². The number of fused-ring (bicyclic) bond motifs is 1. The van der Waals surface area contributed by atoms with Crippen LogP contribution in [0.5, 0.6) is 17.2 Å². The number of aryl methyl sites for hydroxylation is 1. The first-order chi connectivity index (χ1) is 19.0. The van der Waals surface area contributed by atoms with Gasteiger partial charge in [0.15, 0.2) is 11.5 Å². The van der Waals surface area contributed by atoms with Crippen molar-refractivity contribution in [3.63, 3.8) is 0 Å². The lowest BCUT2D eigenvalue weighted by atomic mass is 10.1. The zero-order valence-corrected chi connectivity index (χ0v) is 22.2. The third-order valence-corrected chi connectivity index (χ3v) is 6.55. The lowest BCUT2D eigenvalue weighted by Crippen LogP contribution is -2.45. The predicted molar refractivity (Wildman–Crippen MR) is 148 cm³/mol. The van der Waals surface area contributed by atoms with Crippen molar-refractivity contribution in [2.24, 2.45) is 0 Å². The van der Waals surface area contributed by atoms with E-state index in [2.05, 4.69) is 24.3 Å². The number of carboxylic acid groups (broad SMARTS) is 1. The van der Waals surface area contributed by atoms with Gasteiger partial charge in [-0.2, -0.15) is 0 Å². The minimum Gasteiger partial charge on any atom is -0.494 e. The minimum atomic E-state index is -1.05. The molecule has 1 atom stereocenters. The molecule has 8 nitrogen and oxygen atoms in total. The number of esters is 1. The Labute approximate surface area is 229 Å². The van der Waals surface area contributed by atoms with Crippen molar-refractivity contribution < 1.29 is 33.6 Å². The highest BCUT2D eigenvalue weighted by atomic mass is 16.5. The maximum absolute atomic E-state index is 11.8. The topological polar surface area (TPSA) is 94.5 Å². The van der Waals surface area contributed by atoms with Gasteiger partial charge in [0, 0.05) is 13.0 Å². The number of rotatable bonds is 14. The van der Waals surface area contributed by atoms with Gasteiger partial charge in [-0.15, -0.1) is 0 Å². The number of anilines is 1. The number of hydrogen-bond donors (Lipinski definition) is 1. The van der Waals surface area contributed by atoms with Gasteiger partial charge in [-0.05, 0) is 61.1 Å². The van der Waals surface area contributed by atoms with Gasteiger partial charge in [-0.1, -0.05) is 48.5 Å². The van der Waals surface area contributed by atoms with E-state index in [1.807, 2.05) is 47.4 Å². The van der Waals surface area contributed by atoms with Crippen molar-refractivity contribution in [3.8, 4) is 17.2 Å². The number of methoxy groups -OCH3 is 1. The summed E-state index contributed by atoms with van der Waals surface area (Å²) in [5, 5.41) is 9.62. The van der Waals surface area contributed by atoms with Crippen molar-refractivity contribution in [1.82, 2.24) is 0 Å². The second-order valence-electron chi connectivity index (χ2n) is 9.40. The van der Waals surface area contributed by atoms with Gasteiger partial charge >= 0.3 is 11.9 Å². The first-order valence-corrected chi connectivity index (χ1v) is 13.3. The van der Waals surface area contributed by atoms with Gasteiger partial charge in [0.05, 0.1) is 25.9 Å². The van der Waals surface area contributed by atoms with Crippen LogP contribution in [0.1, 0.15) is 36.8 Å². The maximum atomic E-state index is 11.8. The number of aliphatic carboxylic acids is 1. The van der Waals surface area contributed by atoms with Gasteiger partial charge in [-0.3, -0.25) is 4.79 Å². The van der Waals surface area contributed by atoms with Crippen molar-refractivity contribution in [1.29, 1.82) is 0 Å². The van der Waals surface area contributed by atoms with Crippen molar-refractivity contribution >= 4 is 17.6 Å². The molecule has 1 heterocycles. The second-order valence-corrected chi connectivity index (χ2v) is 9.40. The predicted octanol–water partition coefficient (Wildman–Crippen LogP) is 5.27. The fourth-order valence-corrected chi connectivity index (χ4v) is 4.43. The van der Waals surface area contributed by atoms with E-state index in [0.29, 0.717) is 31.1 Å². The van der Waals surface area contributed by atoms with Crippen molar-refractivity contribution in [2.75, 3.05) is 31.7 Å². The van der Waals surface area contributed by atoms with Gasteiger partial charge in [0.1, 0.15) is 12.4 Å². The summed E-state index contributed by atoms with van der Waals surface area (Å²) in [6, 6.07) is 23.7. The number of para-hydroxylation sites is 1. The molecular weight excluding hydrogens is 498 g/mol. The minimum absolute atomic E-state index is 0.181. The highest BCUT2D eigenvalue weighted by molar-refractivity contribution is 5.77. The number of hydrogen-bond acceptors (Lipinski definition) is 7. The van der Waals surface area contributed by atoms with Crippen LogP contribution in [-0.2, 0) is 27.4 Å². The summed E-state index contributed by atoms with van der Waals surface area (Å²) in [6.45, 7) is 1.63. The molecule has 3 aromatic carbocycles. The molecule has 4 rings (SSSR count). The smallest absolute Gasteiger partial charge is 0.346 e. The summed E-state index contributed by atoms with van der Waals surface area (Å²) in [6.07, 6.45) is 2.85. The first kappa shape index (κ1) is 27.8. The Hall–Kier alpha value is -4.20. The monoisotopic (exact) mass is 533 g/mol. The molecule has 3 aromatic rings. The molecule has 0 amide bonds. The van der Waals surface area contributed by atoms with E-state index in [1.165, 1.54) is 12.7 Å². The van der Waals surface area contributed by atoms with E-state index < -0.39 is 12.1 Å². The molecule has 0 saturated carbocycles. The van der Waals surface area contributed by atoms with Crippen LogP contribution in [0, 0.1) is 0 Å². The quantitative estimate of drug-likeness (QED) is 0.221. The van der Waals surface area contributed by atoms with E-state index in [0.717, 1.165) is 36.3 Å². The molecule has 0 spiro atoms. The average molecular weight is 534 g/mol. The Morgan fingerprint density at radius 2 is 1.72 bits per heavy atom. The Balaban J connectivity index is 1.30. The van der Waals surface area contributed by atoms with Crippen molar-refractivity contribution in [2.45, 2.75) is 44.8 Å². The molecule has 0 aliphatic carbocycles. The molecule has 1 N–H and O–H groups in total. The summed E-state index contributed by atoms with van der Waals surface area (Å²) in [7, 11) is 1.35. The molecule has 8 heteroatoms. The molecule has 1 unspecified atom stereocenters. The van der Waals surface area contributed by atoms with Crippen LogP contribution in [0.2, 0.25) is 0 Å². The Kier molecular flexibility index (Phi) is 10.1. The Morgan fingerprint density at radius 1 is 0.923 bits per heavy atom. The number of benzene rings is 3. The van der Waals surface area contributed by atoms with Crippen LogP contribution in [0.3, 0.4) is 0 Å². The number of nitrogens with zero attached hydrogens (tertiary/aromatic N) is 1. The molecule has 0 radical (unpaired) electrons. The van der Waals surface area contributed by atoms with E-state index >= 15 is 0 Å². The highest BCUT2D eigenvalue weighted by Crippen LogP contribution is 2.41. The molecule has 0 aromatic heterocycles.